The molecule has 0 unspecified atom stereocenters. The Bertz CT molecular complexity index is 918. The van der Waals surface area contributed by atoms with Gasteiger partial charge in [0, 0.05) is 17.8 Å². The Labute approximate surface area is 174 Å². The first kappa shape index (κ1) is 20.8. The van der Waals surface area contributed by atoms with Crippen molar-refractivity contribution < 1.29 is 9.36 Å². The molecular formula is C26H31N2O+. The van der Waals surface area contributed by atoms with Crippen LogP contribution in [-0.4, -0.2) is 5.91 Å². The van der Waals surface area contributed by atoms with Crippen molar-refractivity contribution >= 4 is 11.6 Å². The summed E-state index contributed by atoms with van der Waals surface area (Å²) in [5.74, 6) is 0.712. The molecule has 0 radical (unpaired) electrons. The molecule has 1 aromatic heterocycles. The SMILES string of the molecule is CC(C)c1cccc(C(C)C)c1NC(=O)C[n+]1ccc(Cc2ccccc2)cc1. The van der Waals surface area contributed by atoms with E-state index in [2.05, 4.69) is 87.6 Å². The van der Waals surface area contributed by atoms with Gasteiger partial charge in [-0.1, -0.05) is 76.2 Å². The second-order valence-corrected chi connectivity index (χ2v) is 8.21. The second-order valence-electron chi connectivity index (χ2n) is 8.21. The van der Waals surface area contributed by atoms with Gasteiger partial charge in [0.1, 0.15) is 0 Å². The first-order chi connectivity index (χ1) is 13.9. The molecule has 1 amide bonds. The van der Waals surface area contributed by atoms with Gasteiger partial charge in [0.25, 0.3) is 5.91 Å². The maximum absolute atomic E-state index is 12.8. The highest BCUT2D eigenvalue weighted by Crippen LogP contribution is 2.32. The number of para-hydroxylation sites is 1. The number of benzene rings is 2. The maximum Gasteiger partial charge on any atom is 0.290 e. The summed E-state index contributed by atoms with van der Waals surface area (Å²) in [5.41, 5.74) is 5.87. The molecule has 0 aliphatic rings. The Balaban J connectivity index is 1.70. The molecular weight excluding hydrogens is 356 g/mol. The van der Waals surface area contributed by atoms with E-state index >= 15 is 0 Å². The maximum atomic E-state index is 12.8. The third-order valence-corrected chi connectivity index (χ3v) is 5.17. The number of nitrogens with one attached hydrogen (secondary N) is 1. The topological polar surface area (TPSA) is 33.0 Å². The number of anilines is 1. The number of aromatic nitrogens is 1. The van der Waals surface area contributed by atoms with Crippen LogP contribution >= 0.6 is 0 Å². The summed E-state index contributed by atoms with van der Waals surface area (Å²) in [5, 5.41) is 3.18. The molecule has 3 nitrogen and oxygen atoms in total. The fraction of sp³-hybridized carbons (Fsp3) is 0.308. The van der Waals surface area contributed by atoms with E-state index in [1.807, 2.05) is 23.0 Å². The van der Waals surface area contributed by atoms with Crippen LogP contribution in [0.4, 0.5) is 5.69 Å². The minimum absolute atomic E-state index is 0.000749. The van der Waals surface area contributed by atoms with Crippen molar-refractivity contribution in [3.63, 3.8) is 0 Å². The summed E-state index contributed by atoms with van der Waals surface area (Å²) < 4.78 is 1.93. The van der Waals surface area contributed by atoms with Crippen LogP contribution in [-0.2, 0) is 17.8 Å². The summed E-state index contributed by atoms with van der Waals surface area (Å²) in [6.45, 7) is 8.95. The van der Waals surface area contributed by atoms with E-state index in [9.17, 15) is 4.79 Å². The first-order valence-electron chi connectivity index (χ1n) is 10.4. The van der Waals surface area contributed by atoms with E-state index in [1.54, 1.807) is 0 Å². The molecule has 0 saturated heterocycles. The third kappa shape index (κ3) is 5.54. The quantitative estimate of drug-likeness (QED) is 0.537. The van der Waals surface area contributed by atoms with E-state index in [1.165, 1.54) is 22.3 Å². The fourth-order valence-corrected chi connectivity index (χ4v) is 3.58. The van der Waals surface area contributed by atoms with E-state index in [0.717, 1.165) is 12.1 Å². The number of carbonyl (C=O) groups is 1. The molecule has 150 valence electrons. The standard InChI is InChI=1S/C26H30N2O/c1-19(2)23-11-8-12-24(20(3)4)26(23)27-25(29)18-28-15-13-22(14-16-28)17-21-9-6-5-7-10-21/h5-16,19-20H,17-18H2,1-4H3/p+1. The largest absolute Gasteiger partial charge is 0.320 e. The summed E-state index contributed by atoms with van der Waals surface area (Å²) in [6.07, 6.45) is 4.86. The molecule has 1 heterocycles. The van der Waals surface area contributed by atoms with Crippen LogP contribution in [0.1, 0.15) is 61.8 Å². The molecule has 0 spiro atoms. The van der Waals surface area contributed by atoms with Crippen molar-refractivity contribution in [3.05, 3.63) is 95.3 Å². The van der Waals surface area contributed by atoms with Crippen molar-refractivity contribution in [1.82, 2.24) is 0 Å². The number of carbonyl (C=O) groups excluding carboxylic acids is 1. The number of nitrogens with zero attached hydrogens (tertiary/aromatic N) is 1. The molecule has 1 N–H and O–H groups in total. The van der Waals surface area contributed by atoms with E-state index in [4.69, 9.17) is 0 Å². The van der Waals surface area contributed by atoms with Crippen molar-refractivity contribution in [2.45, 2.75) is 52.5 Å². The van der Waals surface area contributed by atoms with Gasteiger partial charge in [0.15, 0.2) is 12.4 Å². The molecule has 0 aliphatic heterocycles. The molecule has 3 rings (SSSR count). The lowest BCUT2D eigenvalue weighted by molar-refractivity contribution is -0.684. The predicted octanol–water partition coefficient (Wildman–Crippen LogP) is 5.45. The Kier molecular flexibility index (Phi) is 6.82. The van der Waals surface area contributed by atoms with Crippen LogP contribution in [0.25, 0.3) is 0 Å². The van der Waals surface area contributed by atoms with Crippen LogP contribution in [0.15, 0.2) is 73.1 Å². The minimum Gasteiger partial charge on any atom is -0.320 e. The zero-order chi connectivity index (χ0) is 20.8. The Morgan fingerprint density at radius 3 is 1.90 bits per heavy atom. The predicted molar refractivity (Wildman–Crippen MR) is 119 cm³/mol. The van der Waals surface area contributed by atoms with Gasteiger partial charge in [0.05, 0.1) is 0 Å². The van der Waals surface area contributed by atoms with Gasteiger partial charge in [-0.25, -0.2) is 0 Å². The van der Waals surface area contributed by atoms with Crippen LogP contribution in [0.2, 0.25) is 0 Å². The number of pyridine rings is 1. The Morgan fingerprint density at radius 2 is 1.34 bits per heavy atom. The molecule has 3 heteroatoms. The van der Waals surface area contributed by atoms with Gasteiger partial charge in [-0.3, -0.25) is 4.79 Å². The molecule has 0 fully saturated rings. The van der Waals surface area contributed by atoms with Crippen LogP contribution < -0.4 is 9.88 Å². The summed E-state index contributed by atoms with van der Waals surface area (Å²) in [7, 11) is 0. The summed E-state index contributed by atoms with van der Waals surface area (Å²) in [4.78, 5) is 12.8. The average Bonchev–Trinajstić information content (AvgIpc) is 2.70. The molecule has 0 bridgehead atoms. The highest BCUT2D eigenvalue weighted by atomic mass is 16.1. The number of amides is 1. The highest BCUT2D eigenvalue weighted by Gasteiger charge is 2.18. The van der Waals surface area contributed by atoms with Crippen molar-refractivity contribution in [1.29, 1.82) is 0 Å². The molecule has 3 aromatic rings. The van der Waals surface area contributed by atoms with Gasteiger partial charge < -0.3 is 5.32 Å². The number of hydrogen-bond acceptors (Lipinski definition) is 1. The molecule has 0 aliphatic carbocycles. The zero-order valence-corrected chi connectivity index (χ0v) is 17.9. The van der Waals surface area contributed by atoms with E-state index < -0.39 is 0 Å². The van der Waals surface area contributed by atoms with Gasteiger partial charge in [-0.2, -0.15) is 4.57 Å². The Hall–Kier alpha value is -2.94. The number of rotatable bonds is 7. The van der Waals surface area contributed by atoms with E-state index in [0.29, 0.717) is 18.4 Å². The van der Waals surface area contributed by atoms with Gasteiger partial charge in [-0.15, -0.1) is 0 Å². The van der Waals surface area contributed by atoms with Crippen molar-refractivity contribution in [3.8, 4) is 0 Å². The normalized spacial score (nSPS) is 11.1. The lowest BCUT2D eigenvalue weighted by atomic mass is 9.92. The molecule has 0 atom stereocenters. The summed E-state index contributed by atoms with van der Waals surface area (Å²) in [6, 6.07) is 20.9. The summed E-state index contributed by atoms with van der Waals surface area (Å²) >= 11 is 0. The van der Waals surface area contributed by atoms with Gasteiger partial charge in [0.2, 0.25) is 6.54 Å². The van der Waals surface area contributed by atoms with E-state index in [-0.39, 0.29) is 5.91 Å². The average molecular weight is 388 g/mol. The second kappa shape index (κ2) is 9.51. The van der Waals surface area contributed by atoms with Gasteiger partial charge >= 0.3 is 0 Å². The van der Waals surface area contributed by atoms with Crippen molar-refractivity contribution in [2.75, 3.05) is 5.32 Å². The Morgan fingerprint density at radius 1 is 0.793 bits per heavy atom. The van der Waals surface area contributed by atoms with Crippen LogP contribution in [0.5, 0.6) is 0 Å². The molecule has 0 saturated carbocycles. The first-order valence-corrected chi connectivity index (χ1v) is 10.4. The highest BCUT2D eigenvalue weighted by molar-refractivity contribution is 5.91. The monoisotopic (exact) mass is 387 g/mol. The smallest absolute Gasteiger partial charge is 0.290 e. The zero-order valence-electron chi connectivity index (χ0n) is 17.9. The minimum atomic E-state index is 0.000749. The fourth-order valence-electron chi connectivity index (χ4n) is 3.58. The molecule has 2 aromatic carbocycles. The molecule has 29 heavy (non-hydrogen) atoms. The van der Waals surface area contributed by atoms with Crippen molar-refractivity contribution in [2.24, 2.45) is 0 Å². The van der Waals surface area contributed by atoms with Crippen LogP contribution in [0.3, 0.4) is 0 Å². The lowest BCUT2D eigenvalue weighted by Gasteiger charge is -2.19. The van der Waals surface area contributed by atoms with Gasteiger partial charge in [-0.05, 0) is 40.5 Å². The number of hydrogen-bond donors (Lipinski definition) is 1. The third-order valence-electron chi connectivity index (χ3n) is 5.17. The van der Waals surface area contributed by atoms with Crippen LogP contribution in [0, 0.1) is 0 Å². The lowest BCUT2D eigenvalue weighted by Crippen LogP contribution is -2.39.